The third kappa shape index (κ3) is 3.14. The number of aromatic nitrogens is 6. The van der Waals surface area contributed by atoms with Gasteiger partial charge in [0.25, 0.3) is 0 Å². The van der Waals surface area contributed by atoms with E-state index in [9.17, 15) is 0 Å². The highest BCUT2D eigenvalue weighted by Gasteiger charge is 2.24. The van der Waals surface area contributed by atoms with E-state index < -0.39 is 0 Å². The lowest BCUT2D eigenvalue weighted by Gasteiger charge is -2.36. The van der Waals surface area contributed by atoms with Gasteiger partial charge in [-0.1, -0.05) is 20.8 Å². The van der Waals surface area contributed by atoms with Crippen molar-refractivity contribution < 1.29 is 0 Å². The Bertz CT molecular complexity index is 1160. The molecule has 0 N–H and O–H groups in total. The number of anilines is 2. The quantitative estimate of drug-likeness (QED) is 0.523. The minimum absolute atomic E-state index is 0.00406. The minimum Gasteiger partial charge on any atom is -0.352 e. The van der Waals surface area contributed by atoms with Crippen molar-refractivity contribution >= 4 is 28.2 Å². The minimum atomic E-state index is 0.00406. The molecule has 0 unspecified atom stereocenters. The molecule has 5 rings (SSSR count). The third-order valence-electron chi connectivity index (χ3n) is 5.40. The molecule has 1 aliphatic heterocycles. The Morgan fingerprint density at radius 3 is 2.38 bits per heavy atom. The van der Waals surface area contributed by atoms with Crippen molar-refractivity contribution in [2.45, 2.75) is 26.2 Å². The molecule has 8 heteroatoms. The van der Waals surface area contributed by atoms with Crippen molar-refractivity contribution in [3.63, 3.8) is 0 Å². The Kier molecular flexibility index (Phi) is 4.08. The van der Waals surface area contributed by atoms with Gasteiger partial charge < -0.3 is 9.80 Å². The van der Waals surface area contributed by atoms with Gasteiger partial charge >= 0.3 is 0 Å². The van der Waals surface area contributed by atoms with Gasteiger partial charge in [-0.3, -0.25) is 0 Å². The molecule has 1 fully saturated rings. The maximum absolute atomic E-state index is 4.75. The van der Waals surface area contributed by atoms with Crippen LogP contribution < -0.4 is 9.80 Å². The van der Waals surface area contributed by atoms with E-state index in [1.807, 2.05) is 29.0 Å². The summed E-state index contributed by atoms with van der Waals surface area (Å²) in [6.07, 6.45) is 7.11. The zero-order chi connectivity index (χ0) is 20.0. The van der Waals surface area contributed by atoms with Crippen LogP contribution in [0.4, 0.5) is 11.6 Å². The first-order valence-corrected chi connectivity index (χ1v) is 9.91. The predicted molar refractivity (Wildman–Crippen MR) is 113 cm³/mol. The number of hydrogen-bond donors (Lipinski definition) is 0. The van der Waals surface area contributed by atoms with Crippen LogP contribution in [0.2, 0.25) is 0 Å². The van der Waals surface area contributed by atoms with Gasteiger partial charge in [0.15, 0.2) is 11.5 Å². The molecular formula is C21H24N8. The van der Waals surface area contributed by atoms with E-state index in [1.54, 1.807) is 12.5 Å². The summed E-state index contributed by atoms with van der Waals surface area (Å²) in [6, 6.07) is 6.13. The maximum Gasteiger partial charge on any atom is 0.164 e. The number of pyridine rings is 1. The highest BCUT2D eigenvalue weighted by Crippen LogP contribution is 2.28. The second-order valence-corrected chi connectivity index (χ2v) is 8.41. The molecular weight excluding hydrogens is 364 g/mol. The Morgan fingerprint density at radius 2 is 1.62 bits per heavy atom. The summed E-state index contributed by atoms with van der Waals surface area (Å²) in [7, 11) is 0. The van der Waals surface area contributed by atoms with E-state index in [-0.39, 0.29) is 5.41 Å². The molecule has 0 bridgehead atoms. The SMILES string of the molecule is CC(C)(C)c1cc2c(N3CCN(c4ncnc5ncccc45)CC3)nccn2n1. The second kappa shape index (κ2) is 6.65. The summed E-state index contributed by atoms with van der Waals surface area (Å²) in [4.78, 5) is 22.5. The number of fused-ring (bicyclic) bond motifs is 2. The third-order valence-corrected chi connectivity index (χ3v) is 5.40. The lowest BCUT2D eigenvalue weighted by atomic mass is 9.92. The molecule has 4 aromatic heterocycles. The van der Waals surface area contributed by atoms with E-state index in [0.29, 0.717) is 0 Å². The molecule has 0 spiro atoms. The van der Waals surface area contributed by atoms with Crippen LogP contribution in [0.25, 0.3) is 16.6 Å². The molecule has 4 aromatic rings. The van der Waals surface area contributed by atoms with Crippen molar-refractivity contribution in [2.24, 2.45) is 0 Å². The summed E-state index contributed by atoms with van der Waals surface area (Å²) in [5.41, 5.74) is 2.87. The van der Waals surface area contributed by atoms with Gasteiger partial charge in [-0.15, -0.1) is 0 Å². The van der Waals surface area contributed by atoms with E-state index in [1.165, 1.54) is 0 Å². The van der Waals surface area contributed by atoms with Crippen LogP contribution in [0.1, 0.15) is 26.5 Å². The molecule has 0 aromatic carbocycles. The van der Waals surface area contributed by atoms with E-state index in [0.717, 1.165) is 60.1 Å². The molecule has 1 saturated heterocycles. The molecule has 5 heterocycles. The average Bonchev–Trinajstić information content (AvgIpc) is 3.19. The van der Waals surface area contributed by atoms with Crippen LogP contribution in [-0.4, -0.2) is 55.7 Å². The summed E-state index contributed by atoms with van der Waals surface area (Å²) in [5.74, 6) is 1.94. The summed E-state index contributed by atoms with van der Waals surface area (Å²) < 4.78 is 1.94. The van der Waals surface area contributed by atoms with Crippen LogP contribution in [0.15, 0.2) is 43.1 Å². The zero-order valence-electron chi connectivity index (χ0n) is 16.9. The van der Waals surface area contributed by atoms with Crippen LogP contribution in [0, 0.1) is 0 Å². The Hall–Kier alpha value is -3.29. The smallest absolute Gasteiger partial charge is 0.164 e. The van der Waals surface area contributed by atoms with Gasteiger partial charge in [-0.2, -0.15) is 5.10 Å². The molecule has 29 heavy (non-hydrogen) atoms. The van der Waals surface area contributed by atoms with E-state index in [2.05, 4.69) is 56.6 Å². The summed E-state index contributed by atoms with van der Waals surface area (Å²) in [5, 5.41) is 5.75. The lowest BCUT2D eigenvalue weighted by Crippen LogP contribution is -2.47. The number of piperazine rings is 1. The van der Waals surface area contributed by atoms with Crippen molar-refractivity contribution in [1.82, 2.24) is 29.5 Å². The van der Waals surface area contributed by atoms with Crippen LogP contribution in [0.3, 0.4) is 0 Å². The van der Waals surface area contributed by atoms with Gasteiger partial charge in [0.2, 0.25) is 0 Å². The van der Waals surface area contributed by atoms with Crippen LogP contribution in [-0.2, 0) is 5.41 Å². The maximum atomic E-state index is 4.75. The molecule has 148 valence electrons. The Morgan fingerprint density at radius 1 is 0.862 bits per heavy atom. The van der Waals surface area contributed by atoms with Gasteiger partial charge in [0.1, 0.15) is 17.7 Å². The average molecular weight is 388 g/mol. The van der Waals surface area contributed by atoms with E-state index >= 15 is 0 Å². The topological polar surface area (TPSA) is 75.3 Å². The summed E-state index contributed by atoms with van der Waals surface area (Å²) >= 11 is 0. The largest absolute Gasteiger partial charge is 0.352 e. The van der Waals surface area contributed by atoms with Crippen molar-refractivity contribution in [3.05, 3.63) is 48.8 Å². The standard InChI is InChI=1S/C21H24N8/c1-21(2,3)17-13-16-20(23-7-8-29(16)26-17)28-11-9-27(10-12-28)19-15-5-4-6-22-18(15)24-14-25-19/h4-8,13-14H,9-12H2,1-3H3. The van der Waals surface area contributed by atoms with Gasteiger partial charge in [0, 0.05) is 50.2 Å². The molecule has 0 aliphatic carbocycles. The zero-order valence-corrected chi connectivity index (χ0v) is 16.9. The predicted octanol–water partition coefficient (Wildman–Crippen LogP) is 2.69. The number of rotatable bonds is 2. The molecule has 0 atom stereocenters. The highest BCUT2D eigenvalue weighted by molar-refractivity contribution is 5.86. The highest BCUT2D eigenvalue weighted by atomic mass is 15.3. The fourth-order valence-electron chi connectivity index (χ4n) is 3.78. The fourth-order valence-corrected chi connectivity index (χ4v) is 3.78. The molecule has 1 aliphatic rings. The molecule has 0 radical (unpaired) electrons. The molecule has 0 amide bonds. The first-order valence-electron chi connectivity index (χ1n) is 9.91. The van der Waals surface area contributed by atoms with Crippen LogP contribution >= 0.6 is 0 Å². The molecule has 0 saturated carbocycles. The Labute approximate surface area is 169 Å². The fraction of sp³-hybridized carbons (Fsp3) is 0.381. The van der Waals surface area contributed by atoms with Crippen LogP contribution in [0.5, 0.6) is 0 Å². The monoisotopic (exact) mass is 388 g/mol. The summed E-state index contributed by atoms with van der Waals surface area (Å²) in [6.45, 7) is 10.0. The number of hydrogen-bond acceptors (Lipinski definition) is 7. The Balaban J connectivity index is 1.41. The molecule has 8 nitrogen and oxygen atoms in total. The van der Waals surface area contributed by atoms with Gasteiger partial charge in [0.05, 0.1) is 11.1 Å². The first kappa shape index (κ1) is 17.8. The van der Waals surface area contributed by atoms with Crippen molar-refractivity contribution in [3.8, 4) is 0 Å². The second-order valence-electron chi connectivity index (χ2n) is 8.41. The first-order chi connectivity index (χ1) is 14.0. The van der Waals surface area contributed by atoms with Gasteiger partial charge in [-0.05, 0) is 18.2 Å². The van der Waals surface area contributed by atoms with Gasteiger partial charge in [-0.25, -0.2) is 24.5 Å². The normalized spacial score (nSPS) is 15.4. The lowest BCUT2D eigenvalue weighted by molar-refractivity contribution is 0.562. The van der Waals surface area contributed by atoms with Crippen molar-refractivity contribution in [2.75, 3.05) is 36.0 Å². The van der Waals surface area contributed by atoms with E-state index in [4.69, 9.17) is 5.10 Å². The number of nitrogens with zero attached hydrogens (tertiary/aromatic N) is 8. The van der Waals surface area contributed by atoms with Crippen molar-refractivity contribution in [1.29, 1.82) is 0 Å².